The zero-order chi connectivity index (χ0) is 15.3. The summed E-state index contributed by atoms with van der Waals surface area (Å²) in [7, 11) is -1.87. The number of nitrogens with one attached hydrogen (secondary N) is 1. The van der Waals surface area contributed by atoms with Gasteiger partial charge in [0.25, 0.3) is 0 Å². The minimum atomic E-state index is -3.48. The van der Waals surface area contributed by atoms with Crippen LogP contribution in [0.5, 0.6) is 0 Å². The van der Waals surface area contributed by atoms with E-state index in [-0.39, 0.29) is 4.90 Å². The van der Waals surface area contributed by atoms with E-state index in [1.165, 1.54) is 21.4 Å². The summed E-state index contributed by atoms with van der Waals surface area (Å²) in [6, 6.07) is 7.08. The van der Waals surface area contributed by atoms with Crippen LogP contribution in [0, 0.1) is 0 Å². The van der Waals surface area contributed by atoms with Crippen molar-refractivity contribution in [3.05, 3.63) is 40.7 Å². The predicted molar refractivity (Wildman–Crippen MR) is 86.2 cm³/mol. The molecule has 0 aromatic carbocycles. The average molecular weight is 325 g/mol. The molecule has 0 unspecified atom stereocenters. The van der Waals surface area contributed by atoms with Gasteiger partial charge >= 0.3 is 0 Å². The molecule has 0 fully saturated rings. The Morgan fingerprint density at radius 3 is 2.86 bits per heavy atom. The summed E-state index contributed by atoms with van der Waals surface area (Å²) in [5, 5.41) is 5.02. The molecular formula is C14H19N3O2S2. The van der Waals surface area contributed by atoms with Crippen LogP contribution >= 0.6 is 11.3 Å². The second-order valence-electron chi connectivity index (χ2n) is 4.56. The molecule has 0 amide bonds. The number of hydrogen-bond donors (Lipinski definition) is 1. The van der Waals surface area contributed by atoms with E-state index in [1.54, 1.807) is 24.5 Å². The second kappa shape index (κ2) is 7.02. The molecule has 1 N–H and O–H groups in total. The lowest BCUT2D eigenvalue weighted by molar-refractivity contribution is 0.473. The molecule has 0 aliphatic carbocycles. The van der Waals surface area contributed by atoms with Crippen LogP contribution in [0.3, 0.4) is 0 Å². The largest absolute Gasteiger partial charge is 0.370 e. The predicted octanol–water partition coefficient (Wildman–Crippen LogP) is 2.44. The molecule has 0 atom stereocenters. The molecule has 0 saturated carbocycles. The van der Waals surface area contributed by atoms with E-state index in [0.717, 1.165) is 6.42 Å². The first-order valence-electron chi connectivity index (χ1n) is 6.72. The van der Waals surface area contributed by atoms with Gasteiger partial charge in [-0.15, -0.1) is 11.3 Å². The molecule has 5 nitrogen and oxygen atoms in total. The van der Waals surface area contributed by atoms with Gasteiger partial charge in [-0.05, 0) is 30.9 Å². The van der Waals surface area contributed by atoms with Gasteiger partial charge in [0.05, 0.1) is 4.90 Å². The fourth-order valence-electron chi connectivity index (χ4n) is 1.87. The molecule has 2 heterocycles. The van der Waals surface area contributed by atoms with Crippen LogP contribution in [0.15, 0.2) is 40.7 Å². The van der Waals surface area contributed by atoms with Crippen LogP contribution in [0.1, 0.15) is 11.8 Å². The van der Waals surface area contributed by atoms with Crippen molar-refractivity contribution in [3.63, 3.8) is 0 Å². The number of likely N-dealkylation sites (N-methyl/N-ethyl adjacent to an activating group) is 1. The summed E-state index contributed by atoms with van der Waals surface area (Å²) in [4.78, 5) is 5.54. The lowest BCUT2D eigenvalue weighted by atomic mass is 10.3. The molecule has 2 rings (SSSR count). The molecule has 0 radical (unpaired) electrons. The maximum Gasteiger partial charge on any atom is 0.243 e. The number of nitrogens with zero attached hydrogens (tertiary/aromatic N) is 2. The van der Waals surface area contributed by atoms with Gasteiger partial charge in [-0.1, -0.05) is 6.07 Å². The maximum absolute atomic E-state index is 12.5. The molecular weight excluding hydrogens is 306 g/mol. The molecule has 0 spiro atoms. The van der Waals surface area contributed by atoms with Gasteiger partial charge < -0.3 is 5.32 Å². The zero-order valence-corrected chi connectivity index (χ0v) is 13.7. The Kier molecular flexibility index (Phi) is 5.33. The molecule has 2 aromatic rings. The summed E-state index contributed by atoms with van der Waals surface area (Å²) in [5.74, 6) is 0.574. The minimum Gasteiger partial charge on any atom is -0.370 e. The lowest BCUT2D eigenvalue weighted by Crippen LogP contribution is -2.29. The zero-order valence-electron chi connectivity index (χ0n) is 12.1. The maximum atomic E-state index is 12.5. The fraction of sp³-hybridized carbons (Fsp3) is 0.357. The number of sulfonamides is 1. The summed E-state index contributed by atoms with van der Waals surface area (Å²) < 4.78 is 26.4. The van der Waals surface area contributed by atoms with Crippen molar-refractivity contribution in [3.8, 4) is 0 Å². The van der Waals surface area contributed by atoms with Crippen molar-refractivity contribution in [2.75, 3.05) is 25.5 Å². The van der Waals surface area contributed by atoms with Gasteiger partial charge in [-0.2, -0.15) is 0 Å². The molecule has 7 heteroatoms. The third kappa shape index (κ3) is 4.03. The second-order valence-corrected chi connectivity index (χ2v) is 7.64. The third-order valence-corrected chi connectivity index (χ3v) is 5.84. The first-order chi connectivity index (χ1) is 10.0. The third-order valence-electron chi connectivity index (χ3n) is 3.05. The molecule has 0 aliphatic rings. The number of thiophene rings is 1. The normalized spacial score (nSPS) is 11.8. The van der Waals surface area contributed by atoms with Crippen molar-refractivity contribution in [2.45, 2.75) is 18.2 Å². The van der Waals surface area contributed by atoms with Crippen LogP contribution in [-0.2, 0) is 16.4 Å². The molecule has 21 heavy (non-hydrogen) atoms. The van der Waals surface area contributed by atoms with Gasteiger partial charge in [0.1, 0.15) is 5.82 Å². The van der Waals surface area contributed by atoms with Crippen molar-refractivity contribution >= 4 is 27.2 Å². The van der Waals surface area contributed by atoms with Crippen molar-refractivity contribution in [2.24, 2.45) is 0 Å². The topological polar surface area (TPSA) is 62.3 Å². The SMILES string of the molecule is CCNc1cc(S(=O)(=O)N(C)CCc2cccs2)ccn1. The van der Waals surface area contributed by atoms with E-state index < -0.39 is 10.0 Å². The van der Waals surface area contributed by atoms with Crippen molar-refractivity contribution < 1.29 is 8.42 Å². The minimum absolute atomic E-state index is 0.266. The number of hydrogen-bond acceptors (Lipinski definition) is 5. The van der Waals surface area contributed by atoms with E-state index in [0.29, 0.717) is 18.9 Å². The first-order valence-corrected chi connectivity index (χ1v) is 9.04. The van der Waals surface area contributed by atoms with Crippen LogP contribution in [0.2, 0.25) is 0 Å². The first kappa shape index (κ1) is 15.9. The van der Waals surface area contributed by atoms with E-state index >= 15 is 0 Å². The highest BCUT2D eigenvalue weighted by atomic mass is 32.2. The number of anilines is 1. The average Bonchev–Trinajstić information content (AvgIpc) is 2.98. The molecule has 0 aliphatic heterocycles. The molecule has 0 saturated heterocycles. The van der Waals surface area contributed by atoms with Gasteiger partial charge in [0, 0.05) is 37.3 Å². The van der Waals surface area contributed by atoms with E-state index in [2.05, 4.69) is 10.3 Å². The van der Waals surface area contributed by atoms with Gasteiger partial charge in [-0.25, -0.2) is 17.7 Å². The standard InChI is InChI=1S/C14H19N3O2S2/c1-3-15-14-11-13(6-8-16-14)21(18,19)17(2)9-7-12-5-4-10-20-12/h4-6,8,10-11H,3,7,9H2,1-2H3,(H,15,16). The van der Waals surface area contributed by atoms with Gasteiger partial charge in [-0.3, -0.25) is 0 Å². The quantitative estimate of drug-likeness (QED) is 0.849. The summed E-state index contributed by atoms with van der Waals surface area (Å²) in [6.07, 6.45) is 2.23. The Balaban J connectivity index is 2.10. The Morgan fingerprint density at radius 1 is 1.38 bits per heavy atom. The Hall–Kier alpha value is -1.44. The summed E-state index contributed by atoms with van der Waals surface area (Å²) >= 11 is 1.64. The Bertz CT molecular complexity index is 669. The highest BCUT2D eigenvalue weighted by Gasteiger charge is 2.21. The fourth-order valence-corrected chi connectivity index (χ4v) is 3.76. The lowest BCUT2D eigenvalue weighted by Gasteiger charge is -2.17. The van der Waals surface area contributed by atoms with Gasteiger partial charge in [0.2, 0.25) is 10.0 Å². The van der Waals surface area contributed by atoms with Crippen molar-refractivity contribution in [1.82, 2.24) is 9.29 Å². The van der Waals surface area contributed by atoms with E-state index in [1.807, 2.05) is 24.4 Å². The number of rotatable bonds is 7. The Labute approximate surface area is 129 Å². The highest BCUT2D eigenvalue weighted by Crippen LogP contribution is 2.18. The van der Waals surface area contributed by atoms with Crippen molar-refractivity contribution in [1.29, 1.82) is 0 Å². The summed E-state index contributed by atoms with van der Waals surface area (Å²) in [6.45, 7) is 3.10. The smallest absolute Gasteiger partial charge is 0.243 e. The van der Waals surface area contributed by atoms with Gasteiger partial charge in [0.15, 0.2) is 0 Å². The molecule has 114 valence electrons. The van der Waals surface area contributed by atoms with E-state index in [4.69, 9.17) is 0 Å². The molecule has 2 aromatic heterocycles. The molecule has 0 bridgehead atoms. The van der Waals surface area contributed by atoms with E-state index in [9.17, 15) is 8.42 Å². The van der Waals surface area contributed by atoms with Crippen LogP contribution in [0.25, 0.3) is 0 Å². The monoisotopic (exact) mass is 325 g/mol. The van der Waals surface area contributed by atoms with Crippen LogP contribution < -0.4 is 5.32 Å². The Morgan fingerprint density at radius 2 is 2.19 bits per heavy atom. The highest BCUT2D eigenvalue weighted by molar-refractivity contribution is 7.89. The van der Waals surface area contributed by atoms with Crippen LogP contribution in [0.4, 0.5) is 5.82 Å². The number of pyridine rings is 1. The van der Waals surface area contributed by atoms with Crippen LogP contribution in [-0.4, -0.2) is 37.8 Å². The number of aromatic nitrogens is 1. The summed E-state index contributed by atoms with van der Waals surface area (Å²) in [5.41, 5.74) is 0.